The third kappa shape index (κ3) is 4.02. The largest absolute Gasteiger partial charge is 0.329 e. The van der Waals surface area contributed by atoms with Crippen molar-refractivity contribution in [1.82, 2.24) is 19.1 Å². The molecule has 0 aliphatic heterocycles. The summed E-state index contributed by atoms with van der Waals surface area (Å²) in [6, 6.07) is 17.6. The molecule has 6 nitrogen and oxygen atoms in total. The molecule has 2 aromatic carbocycles. The number of imidazole rings is 1. The van der Waals surface area contributed by atoms with E-state index in [0.717, 1.165) is 28.3 Å². The second-order valence-electron chi connectivity index (χ2n) is 6.65. The summed E-state index contributed by atoms with van der Waals surface area (Å²) >= 11 is 7.80. The molecule has 2 heterocycles. The number of aromatic amines is 1. The van der Waals surface area contributed by atoms with Gasteiger partial charge in [0.15, 0.2) is 16.3 Å². The molecule has 0 unspecified atom stereocenters. The molecular formula is C21H19ClN4O2S. The maximum absolute atomic E-state index is 12.6. The molecule has 0 spiro atoms. The van der Waals surface area contributed by atoms with Crippen molar-refractivity contribution in [1.29, 1.82) is 0 Å². The average molecular weight is 427 g/mol. The normalized spacial score (nSPS) is 11.2. The van der Waals surface area contributed by atoms with Crippen LogP contribution in [0.1, 0.15) is 11.1 Å². The van der Waals surface area contributed by atoms with Gasteiger partial charge in [-0.05, 0) is 23.6 Å². The second kappa shape index (κ2) is 8.31. The number of aryl methyl sites for hydroxylation is 2. The van der Waals surface area contributed by atoms with Gasteiger partial charge in [-0.1, -0.05) is 71.9 Å². The first-order valence-corrected chi connectivity index (χ1v) is 10.5. The van der Waals surface area contributed by atoms with E-state index in [-0.39, 0.29) is 0 Å². The van der Waals surface area contributed by atoms with Crippen LogP contribution in [-0.4, -0.2) is 24.9 Å². The zero-order valence-corrected chi connectivity index (χ0v) is 17.3. The Morgan fingerprint density at radius 3 is 2.55 bits per heavy atom. The Kier molecular flexibility index (Phi) is 5.60. The summed E-state index contributed by atoms with van der Waals surface area (Å²) in [4.78, 5) is 31.6. The highest BCUT2D eigenvalue weighted by Gasteiger charge is 2.18. The van der Waals surface area contributed by atoms with Gasteiger partial charge in [-0.3, -0.25) is 14.3 Å². The molecule has 0 amide bonds. The molecule has 0 saturated carbocycles. The Bertz CT molecular complexity index is 1280. The SMILES string of the molecule is Cn1c(=O)[nH]c(=O)c2c1nc(SCCc1ccccc1Cl)n2Cc1ccccc1. The minimum Gasteiger partial charge on any atom is -0.309 e. The molecule has 1 N–H and O–H groups in total. The summed E-state index contributed by atoms with van der Waals surface area (Å²) < 4.78 is 3.25. The number of thioether (sulfide) groups is 1. The number of nitrogens with one attached hydrogen (secondary N) is 1. The van der Waals surface area contributed by atoms with Gasteiger partial charge in [0.25, 0.3) is 5.56 Å². The van der Waals surface area contributed by atoms with Crippen LogP contribution >= 0.6 is 23.4 Å². The Morgan fingerprint density at radius 2 is 1.79 bits per heavy atom. The number of benzene rings is 2. The number of rotatable bonds is 6. The van der Waals surface area contributed by atoms with E-state index in [1.807, 2.05) is 59.2 Å². The van der Waals surface area contributed by atoms with E-state index in [2.05, 4.69) is 9.97 Å². The van der Waals surface area contributed by atoms with Crippen LogP contribution in [0.3, 0.4) is 0 Å². The van der Waals surface area contributed by atoms with Gasteiger partial charge >= 0.3 is 5.69 Å². The lowest BCUT2D eigenvalue weighted by atomic mass is 10.2. The van der Waals surface area contributed by atoms with Gasteiger partial charge in [0.2, 0.25) is 0 Å². The minimum absolute atomic E-state index is 0.384. The minimum atomic E-state index is -0.473. The van der Waals surface area contributed by atoms with E-state index in [1.165, 1.54) is 4.57 Å². The van der Waals surface area contributed by atoms with Gasteiger partial charge in [-0.15, -0.1) is 0 Å². The summed E-state index contributed by atoms with van der Waals surface area (Å²) in [6.45, 7) is 0.493. The molecule has 0 aliphatic rings. The van der Waals surface area contributed by atoms with E-state index < -0.39 is 11.2 Å². The number of hydrogen-bond acceptors (Lipinski definition) is 4. The van der Waals surface area contributed by atoms with Gasteiger partial charge < -0.3 is 4.57 Å². The first-order chi connectivity index (χ1) is 14.0. The van der Waals surface area contributed by atoms with Crippen molar-refractivity contribution >= 4 is 34.5 Å². The van der Waals surface area contributed by atoms with Gasteiger partial charge in [-0.2, -0.15) is 0 Å². The van der Waals surface area contributed by atoms with Crippen LogP contribution in [0, 0.1) is 0 Å². The van der Waals surface area contributed by atoms with Crippen LogP contribution in [0.15, 0.2) is 69.3 Å². The molecule has 0 radical (unpaired) electrons. The quantitative estimate of drug-likeness (QED) is 0.479. The molecular weight excluding hydrogens is 408 g/mol. The summed E-state index contributed by atoms with van der Waals surface area (Å²) in [5, 5.41) is 1.44. The summed E-state index contributed by atoms with van der Waals surface area (Å²) in [5.74, 6) is 0.744. The fourth-order valence-corrected chi connectivity index (χ4v) is 4.39. The molecule has 0 aliphatic carbocycles. The van der Waals surface area contributed by atoms with Crippen LogP contribution < -0.4 is 11.2 Å². The highest BCUT2D eigenvalue weighted by molar-refractivity contribution is 7.99. The smallest absolute Gasteiger partial charge is 0.309 e. The van der Waals surface area contributed by atoms with Crippen molar-refractivity contribution in [3.8, 4) is 0 Å². The monoisotopic (exact) mass is 426 g/mol. The van der Waals surface area contributed by atoms with Gasteiger partial charge in [-0.25, -0.2) is 9.78 Å². The number of halogens is 1. The molecule has 0 bridgehead atoms. The lowest BCUT2D eigenvalue weighted by Gasteiger charge is -2.09. The van der Waals surface area contributed by atoms with Crippen LogP contribution in [0.2, 0.25) is 5.02 Å². The van der Waals surface area contributed by atoms with E-state index in [0.29, 0.717) is 22.9 Å². The lowest BCUT2D eigenvalue weighted by molar-refractivity contribution is 0.728. The van der Waals surface area contributed by atoms with Crippen molar-refractivity contribution in [2.45, 2.75) is 18.1 Å². The zero-order valence-electron chi connectivity index (χ0n) is 15.8. The number of aromatic nitrogens is 4. The van der Waals surface area contributed by atoms with E-state index in [9.17, 15) is 9.59 Å². The number of fused-ring (bicyclic) bond motifs is 1. The Morgan fingerprint density at radius 1 is 1.07 bits per heavy atom. The van der Waals surface area contributed by atoms with Crippen LogP contribution in [0.25, 0.3) is 11.2 Å². The van der Waals surface area contributed by atoms with E-state index in [4.69, 9.17) is 11.6 Å². The van der Waals surface area contributed by atoms with Crippen molar-refractivity contribution < 1.29 is 0 Å². The highest BCUT2D eigenvalue weighted by Crippen LogP contribution is 2.25. The summed E-state index contributed by atoms with van der Waals surface area (Å²) in [7, 11) is 1.61. The molecule has 0 saturated heterocycles. The molecule has 4 rings (SSSR count). The average Bonchev–Trinajstić information content (AvgIpc) is 3.07. The van der Waals surface area contributed by atoms with Gasteiger partial charge in [0.05, 0.1) is 6.54 Å². The van der Waals surface area contributed by atoms with Crippen molar-refractivity contribution in [2.24, 2.45) is 7.05 Å². The molecule has 2 aromatic heterocycles. The first kappa shape index (κ1) is 19.5. The highest BCUT2D eigenvalue weighted by atomic mass is 35.5. The maximum atomic E-state index is 12.6. The van der Waals surface area contributed by atoms with Crippen molar-refractivity contribution in [3.63, 3.8) is 0 Å². The van der Waals surface area contributed by atoms with Crippen molar-refractivity contribution in [2.75, 3.05) is 5.75 Å². The molecule has 0 fully saturated rings. The van der Waals surface area contributed by atoms with Gasteiger partial charge in [0, 0.05) is 17.8 Å². The predicted molar refractivity (Wildman–Crippen MR) is 117 cm³/mol. The molecule has 148 valence electrons. The zero-order chi connectivity index (χ0) is 20.4. The fraction of sp³-hybridized carbons (Fsp3) is 0.190. The topological polar surface area (TPSA) is 72.7 Å². The standard InChI is InChI=1S/C21H19ClN4O2S/c1-25-18-17(19(27)24-20(25)28)26(13-14-7-3-2-4-8-14)21(23-18)29-12-11-15-9-5-6-10-16(15)22/h2-10H,11-13H2,1H3,(H,24,27,28). The van der Waals surface area contributed by atoms with E-state index in [1.54, 1.807) is 18.8 Å². The van der Waals surface area contributed by atoms with E-state index >= 15 is 0 Å². The van der Waals surface area contributed by atoms with Gasteiger partial charge in [0.1, 0.15) is 0 Å². The Labute approximate surface area is 176 Å². The molecule has 4 aromatic rings. The third-order valence-electron chi connectivity index (χ3n) is 4.72. The fourth-order valence-electron chi connectivity index (χ4n) is 3.19. The number of H-pyrrole nitrogens is 1. The number of hydrogen-bond donors (Lipinski definition) is 1. The first-order valence-electron chi connectivity index (χ1n) is 9.14. The Hall–Kier alpha value is -2.77. The third-order valence-corrected chi connectivity index (χ3v) is 6.06. The second-order valence-corrected chi connectivity index (χ2v) is 8.12. The molecule has 8 heteroatoms. The summed E-state index contributed by atoms with van der Waals surface area (Å²) in [6.07, 6.45) is 0.772. The van der Waals surface area contributed by atoms with Crippen molar-refractivity contribution in [3.05, 3.63) is 91.6 Å². The van der Waals surface area contributed by atoms with Crippen LogP contribution in [-0.2, 0) is 20.0 Å². The predicted octanol–water partition coefficient (Wildman–Crippen LogP) is 3.46. The lowest BCUT2D eigenvalue weighted by Crippen LogP contribution is -2.29. The Balaban J connectivity index is 1.72. The van der Waals surface area contributed by atoms with Crippen LogP contribution in [0.5, 0.6) is 0 Å². The molecule has 0 atom stereocenters. The van der Waals surface area contributed by atoms with Crippen LogP contribution in [0.4, 0.5) is 0 Å². The summed E-state index contributed by atoms with van der Waals surface area (Å²) in [5.41, 5.74) is 2.00. The maximum Gasteiger partial charge on any atom is 0.329 e. The number of nitrogens with zero attached hydrogens (tertiary/aromatic N) is 3. The molecule has 29 heavy (non-hydrogen) atoms.